The van der Waals surface area contributed by atoms with Gasteiger partial charge in [0.05, 0.1) is 0 Å². The van der Waals surface area contributed by atoms with Crippen molar-refractivity contribution in [3.05, 3.63) is 52.6 Å². The first kappa shape index (κ1) is 13.3. The van der Waals surface area contributed by atoms with Crippen LogP contribution in [0.15, 0.2) is 50.3 Å². The van der Waals surface area contributed by atoms with Gasteiger partial charge in [-0.1, -0.05) is 5.16 Å². The number of anilines is 2. The van der Waals surface area contributed by atoms with Gasteiger partial charge in [-0.3, -0.25) is 0 Å². The number of nitrogens with zero attached hydrogens (tertiary/aromatic N) is 1. The van der Waals surface area contributed by atoms with Gasteiger partial charge >= 0.3 is 5.63 Å². The number of benzene rings is 1. The number of aryl methyl sites for hydroxylation is 1. The highest BCUT2D eigenvalue weighted by atomic mass is 32.1. The molecule has 0 aliphatic carbocycles. The Morgan fingerprint density at radius 3 is 2.86 bits per heavy atom. The van der Waals surface area contributed by atoms with E-state index in [0.29, 0.717) is 22.2 Å². The van der Waals surface area contributed by atoms with Crippen LogP contribution in [0.2, 0.25) is 0 Å². The van der Waals surface area contributed by atoms with Crippen LogP contribution >= 0.6 is 12.2 Å². The lowest BCUT2D eigenvalue weighted by Crippen LogP contribution is -2.19. The Kier molecular flexibility index (Phi) is 3.41. The molecule has 0 atom stereocenters. The Hall–Kier alpha value is -2.67. The van der Waals surface area contributed by atoms with Gasteiger partial charge in [0.1, 0.15) is 11.8 Å². The summed E-state index contributed by atoms with van der Waals surface area (Å²) in [5.74, 6) is 0.510. The van der Waals surface area contributed by atoms with Crippen LogP contribution in [-0.4, -0.2) is 10.3 Å². The lowest BCUT2D eigenvalue weighted by molar-refractivity contribution is 0.423. The molecule has 3 rings (SSSR count). The number of hydrogen-bond acceptors (Lipinski definition) is 5. The average Bonchev–Trinajstić information content (AvgIpc) is 2.90. The minimum atomic E-state index is -0.375. The summed E-state index contributed by atoms with van der Waals surface area (Å²) >= 11 is 5.16. The van der Waals surface area contributed by atoms with Crippen LogP contribution in [0.5, 0.6) is 0 Å². The molecule has 0 unspecified atom stereocenters. The zero-order chi connectivity index (χ0) is 14.8. The monoisotopic (exact) mass is 301 g/mol. The predicted molar refractivity (Wildman–Crippen MR) is 83.6 cm³/mol. The molecule has 0 aliphatic heterocycles. The Labute approximate surface area is 124 Å². The Balaban J connectivity index is 1.84. The number of hydrogen-bond donors (Lipinski definition) is 2. The van der Waals surface area contributed by atoms with E-state index in [1.807, 2.05) is 19.1 Å². The van der Waals surface area contributed by atoms with E-state index in [2.05, 4.69) is 15.8 Å². The van der Waals surface area contributed by atoms with E-state index in [-0.39, 0.29) is 5.63 Å². The second-order valence-corrected chi connectivity index (χ2v) is 4.83. The molecule has 0 bridgehead atoms. The number of rotatable bonds is 2. The van der Waals surface area contributed by atoms with Gasteiger partial charge < -0.3 is 19.6 Å². The molecular formula is C14H11N3O3S. The highest BCUT2D eigenvalue weighted by Gasteiger charge is 2.05. The summed E-state index contributed by atoms with van der Waals surface area (Å²) in [5, 5.41) is 10.8. The Morgan fingerprint density at radius 2 is 2.10 bits per heavy atom. The van der Waals surface area contributed by atoms with E-state index in [0.717, 1.165) is 10.9 Å². The molecule has 1 aromatic carbocycles. The summed E-state index contributed by atoms with van der Waals surface area (Å²) in [4.78, 5) is 11.4. The second kappa shape index (κ2) is 5.37. The molecule has 0 saturated carbocycles. The maximum atomic E-state index is 11.4. The Morgan fingerprint density at radius 1 is 1.24 bits per heavy atom. The SMILES string of the molecule is Cc1cc(=O)oc2cc(NC(=S)Nc3ccon3)ccc12. The summed E-state index contributed by atoms with van der Waals surface area (Å²) in [6.07, 6.45) is 1.44. The van der Waals surface area contributed by atoms with Crippen LogP contribution < -0.4 is 16.3 Å². The molecule has 2 aromatic heterocycles. The van der Waals surface area contributed by atoms with Crippen LogP contribution in [0.1, 0.15) is 5.56 Å². The van der Waals surface area contributed by atoms with E-state index in [4.69, 9.17) is 21.2 Å². The van der Waals surface area contributed by atoms with Crippen LogP contribution in [0.25, 0.3) is 11.0 Å². The van der Waals surface area contributed by atoms with E-state index < -0.39 is 0 Å². The molecule has 0 radical (unpaired) electrons. The quantitative estimate of drug-likeness (QED) is 0.556. The molecule has 21 heavy (non-hydrogen) atoms. The molecule has 0 aliphatic rings. The molecule has 0 amide bonds. The van der Waals surface area contributed by atoms with Crippen LogP contribution in [0.4, 0.5) is 11.5 Å². The maximum absolute atomic E-state index is 11.4. The van der Waals surface area contributed by atoms with Gasteiger partial charge in [-0.05, 0) is 36.8 Å². The summed E-state index contributed by atoms with van der Waals surface area (Å²) in [6, 6.07) is 8.56. The molecular weight excluding hydrogens is 290 g/mol. The largest absolute Gasteiger partial charge is 0.423 e. The fourth-order valence-corrected chi connectivity index (χ4v) is 2.18. The molecule has 3 aromatic rings. The highest BCUT2D eigenvalue weighted by Crippen LogP contribution is 2.20. The van der Waals surface area contributed by atoms with Crippen molar-refractivity contribution in [2.75, 3.05) is 10.6 Å². The third kappa shape index (κ3) is 2.92. The van der Waals surface area contributed by atoms with E-state index in [1.54, 1.807) is 12.1 Å². The fourth-order valence-electron chi connectivity index (χ4n) is 1.96. The maximum Gasteiger partial charge on any atom is 0.336 e. The average molecular weight is 301 g/mol. The minimum Gasteiger partial charge on any atom is -0.423 e. The van der Waals surface area contributed by atoms with Crippen molar-refractivity contribution >= 4 is 39.8 Å². The first-order chi connectivity index (χ1) is 10.1. The van der Waals surface area contributed by atoms with Gasteiger partial charge in [0.15, 0.2) is 10.9 Å². The number of aromatic nitrogens is 1. The van der Waals surface area contributed by atoms with Crippen LogP contribution in [-0.2, 0) is 0 Å². The van der Waals surface area contributed by atoms with E-state index in [9.17, 15) is 4.79 Å². The molecule has 0 fully saturated rings. The van der Waals surface area contributed by atoms with Crippen molar-refractivity contribution in [2.45, 2.75) is 6.92 Å². The highest BCUT2D eigenvalue weighted by molar-refractivity contribution is 7.80. The van der Waals surface area contributed by atoms with Crippen LogP contribution in [0, 0.1) is 6.92 Å². The molecule has 0 spiro atoms. The number of fused-ring (bicyclic) bond motifs is 1. The lowest BCUT2D eigenvalue weighted by Gasteiger charge is -2.09. The molecule has 6 nitrogen and oxygen atoms in total. The van der Waals surface area contributed by atoms with E-state index in [1.165, 1.54) is 12.3 Å². The minimum absolute atomic E-state index is 0.359. The van der Waals surface area contributed by atoms with Gasteiger partial charge in [-0.25, -0.2) is 4.79 Å². The van der Waals surface area contributed by atoms with Crippen molar-refractivity contribution in [2.24, 2.45) is 0 Å². The van der Waals surface area contributed by atoms with Crippen molar-refractivity contribution in [3.63, 3.8) is 0 Å². The van der Waals surface area contributed by atoms with Crippen molar-refractivity contribution < 1.29 is 8.94 Å². The molecule has 7 heteroatoms. The van der Waals surface area contributed by atoms with Gasteiger partial charge in [-0.15, -0.1) is 0 Å². The van der Waals surface area contributed by atoms with Crippen LogP contribution in [0.3, 0.4) is 0 Å². The standard InChI is InChI=1S/C14H11N3O3S/c1-8-6-13(18)20-11-7-9(2-3-10(8)11)15-14(21)16-12-4-5-19-17-12/h2-7H,1H3,(H2,15,16,17,21). The van der Waals surface area contributed by atoms with Crippen molar-refractivity contribution in [3.8, 4) is 0 Å². The third-order valence-corrected chi connectivity index (χ3v) is 3.09. The third-order valence-electron chi connectivity index (χ3n) is 2.89. The molecule has 2 N–H and O–H groups in total. The first-order valence-electron chi connectivity index (χ1n) is 6.15. The first-order valence-corrected chi connectivity index (χ1v) is 6.55. The van der Waals surface area contributed by atoms with Gasteiger partial charge in [-0.2, -0.15) is 0 Å². The summed E-state index contributed by atoms with van der Waals surface area (Å²) in [5.41, 5.74) is 1.71. The molecule has 106 valence electrons. The van der Waals surface area contributed by atoms with Gasteiger partial charge in [0.25, 0.3) is 0 Å². The zero-order valence-corrected chi connectivity index (χ0v) is 11.9. The van der Waals surface area contributed by atoms with Gasteiger partial charge in [0, 0.05) is 29.3 Å². The predicted octanol–water partition coefficient (Wildman–Crippen LogP) is 2.90. The topological polar surface area (TPSA) is 80.3 Å². The normalized spacial score (nSPS) is 10.5. The second-order valence-electron chi connectivity index (χ2n) is 4.42. The fraction of sp³-hybridized carbons (Fsp3) is 0.0714. The zero-order valence-electron chi connectivity index (χ0n) is 11.0. The lowest BCUT2D eigenvalue weighted by atomic mass is 10.1. The van der Waals surface area contributed by atoms with Crippen molar-refractivity contribution in [1.82, 2.24) is 5.16 Å². The number of thiocarbonyl (C=S) groups is 1. The Bertz CT molecular complexity index is 856. The molecule has 2 heterocycles. The summed E-state index contributed by atoms with van der Waals surface area (Å²) < 4.78 is 9.88. The summed E-state index contributed by atoms with van der Waals surface area (Å²) in [7, 11) is 0. The van der Waals surface area contributed by atoms with E-state index >= 15 is 0 Å². The van der Waals surface area contributed by atoms with Gasteiger partial charge in [0.2, 0.25) is 0 Å². The smallest absolute Gasteiger partial charge is 0.336 e. The summed E-state index contributed by atoms with van der Waals surface area (Å²) in [6.45, 7) is 1.86. The molecule has 0 saturated heterocycles. The number of nitrogens with one attached hydrogen (secondary N) is 2. The van der Waals surface area contributed by atoms with Crippen molar-refractivity contribution in [1.29, 1.82) is 0 Å².